The van der Waals surface area contributed by atoms with E-state index in [-0.39, 0.29) is 5.92 Å². The number of carboxylic acids is 1. The zero-order valence-corrected chi connectivity index (χ0v) is 19.8. The average molecular weight is 453 g/mol. The van der Waals surface area contributed by atoms with Crippen LogP contribution in [0.1, 0.15) is 39.2 Å². The zero-order valence-electron chi connectivity index (χ0n) is 19.0. The second-order valence-electron chi connectivity index (χ2n) is 10.1. The molecule has 5 rings (SSSR count). The molecule has 1 saturated heterocycles. The highest BCUT2D eigenvalue weighted by Crippen LogP contribution is 2.49. The number of fused-ring (bicyclic) bond motifs is 4. The molecule has 3 aliphatic rings. The molecule has 2 aliphatic heterocycles. The van der Waals surface area contributed by atoms with Crippen LogP contribution in [0.3, 0.4) is 0 Å². The molecule has 2 N–H and O–H groups in total. The number of hydrogen-bond donors (Lipinski definition) is 2. The van der Waals surface area contributed by atoms with E-state index in [1.807, 2.05) is 6.92 Å². The summed E-state index contributed by atoms with van der Waals surface area (Å²) in [4.78, 5) is 24.1. The van der Waals surface area contributed by atoms with Crippen molar-refractivity contribution in [1.29, 1.82) is 0 Å². The van der Waals surface area contributed by atoms with E-state index < -0.39 is 5.97 Å². The number of likely N-dealkylation sites (tertiary alicyclic amines) is 1. The number of carboxylic acid groups (broad SMARTS) is 1. The molecule has 32 heavy (non-hydrogen) atoms. The first-order valence-corrected chi connectivity index (χ1v) is 12.5. The molecule has 2 bridgehead atoms. The Labute approximate surface area is 194 Å². The number of nitrogens with zero attached hydrogens (tertiary/aromatic N) is 3. The van der Waals surface area contributed by atoms with Gasteiger partial charge in [0.25, 0.3) is 0 Å². The Kier molecular flexibility index (Phi) is 5.88. The topological polar surface area (TPSA) is 78.3 Å². The number of hydrogen-bond acceptors (Lipinski definition) is 6. The predicted molar refractivity (Wildman–Crippen MR) is 126 cm³/mol. The van der Waals surface area contributed by atoms with Gasteiger partial charge >= 0.3 is 5.97 Å². The van der Waals surface area contributed by atoms with Gasteiger partial charge in [-0.25, -0.2) is 9.97 Å². The van der Waals surface area contributed by atoms with Gasteiger partial charge in [0.15, 0.2) is 5.82 Å². The van der Waals surface area contributed by atoms with Crippen LogP contribution in [0, 0.1) is 35.5 Å². The molecule has 2 fully saturated rings. The van der Waals surface area contributed by atoms with Crippen molar-refractivity contribution in [3.8, 4) is 0 Å². The van der Waals surface area contributed by atoms with Gasteiger partial charge in [-0.15, -0.1) is 0 Å². The first kappa shape index (κ1) is 21.7. The van der Waals surface area contributed by atoms with Gasteiger partial charge in [-0.1, -0.05) is 38.6 Å². The number of benzene rings is 1. The number of carbonyl (C=O) groups is 1. The van der Waals surface area contributed by atoms with Gasteiger partial charge in [-0.05, 0) is 60.1 Å². The number of piperidine rings is 1. The molecule has 1 aliphatic carbocycles. The molecule has 3 heterocycles. The Morgan fingerprint density at radius 2 is 1.94 bits per heavy atom. The minimum atomic E-state index is -0.656. The second kappa shape index (κ2) is 8.67. The maximum Gasteiger partial charge on any atom is 0.306 e. The molecule has 2 aromatic rings. The van der Waals surface area contributed by atoms with Crippen LogP contribution in [0.5, 0.6) is 0 Å². The van der Waals surface area contributed by atoms with Crippen LogP contribution >= 0.6 is 11.8 Å². The van der Waals surface area contributed by atoms with E-state index in [9.17, 15) is 9.90 Å². The van der Waals surface area contributed by atoms with Crippen molar-refractivity contribution in [3.63, 3.8) is 0 Å². The fourth-order valence-corrected chi connectivity index (χ4v) is 7.10. The van der Waals surface area contributed by atoms with E-state index in [4.69, 9.17) is 0 Å². The monoisotopic (exact) mass is 452 g/mol. The SMILES string of the molecule is CC(CC1C2CN(Cc3ccc4c(c3)Nc3nccnc3S4)CC1C(C)CC2C)C(=O)O. The van der Waals surface area contributed by atoms with Gasteiger partial charge in [0.2, 0.25) is 0 Å². The summed E-state index contributed by atoms with van der Waals surface area (Å²) >= 11 is 1.66. The maximum atomic E-state index is 11.5. The van der Waals surface area contributed by atoms with Crippen molar-refractivity contribution in [2.45, 2.75) is 50.1 Å². The summed E-state index contributed by atoms with van der Waals surface area (Å²) in [5, 5.41) is 13.8. The smallest absolute Gasteiger partial charge is 0.306 e. The summed E-state index contributed by atoms with van der Waals surface area (Å²) in [6.45, 7) is 9.68. The summed E-state index contributed by atoms with van der Waals surface area (Å²) in [5.41, 5.74) is 2.41. The molecule has 1 saturated carbocycles. The lowest BCUT2D eigenvalue weighted by molar-refractivity contribution is -0.143. The van der Waals surface area contributed by atoms with Crippen molar-refractivity contribution in [2.75, 3.05) is 18.4 Å². The third kappa shape index (κ3) is 4.13. The summed E-state index contributed by atoms with van der Waals surface area (Å²) in [7, 11) is 0. The van der Waals surface area contributed by atoms with E-state index >= 15 is 0 Å². The number of rotatable bonds is 5. The standard InChI is InChI=1S/C25H32N4O2S/c1-14-8-15(2)20-13-29(12-19(14)18(20)9-16(3)25(30)31)11-17-4-5-22-21(10-17)28-23-24(32-22)27-7-6-26-23/h4-7,10,14-16,18-20H,8-9,11-13H2,1-3H3,(H,26,28)(H,30,31). The van der Waals surface area contributed by atoms with Crippen LogP contribution in [0.15, 0.2) is 40.5 Å². The van der Waals surface area contributed by atoms with E-state index in [1.54, 1.807) is 24.2 Å². The Balaban J connectivity index is 1.31. The van der Waals surface area contributed by atoms with Gasteiger partial charge in [-0.3, -0.25) is 9.69 Å². The molecular weight excluding hydrogens is 420 g/mol. The van der Waals surface area contributed by atoms with Crippen molar-refractivity contribution in [3.05, 3.63) is 36.2 Å². The summed E-state index contributed by atoms with van der Waals surface area (Å²) in [5.74, 6) is 2.89. The van der Waals surface area contributed by atoms with E-state index in [0.29, 0.717) is 29.6 Å². The number of aromatic nitrogens is 2. The van der Waals surface area contributed by atoms with E-state index in [2.05, 4.69) is 52.2 Å². The van der Waals surface area contributed by atoms with Crippen LogP contribution in [0.4, 0.5) is 11.5 Å². The summed E-state index contributed by atoms with van der Waals surface area (Å²) in [6, 6.07) is 6.67. The highest BCUT2D eigenvalue weighted by atomic mass is 32.2. The average Bonchev–Trinajstić information content (AvgIpc) is 2.77. The zero-order chi connectivity index (χ0) is 22.4. The highest BCUT2D eigenvalue weighted by molar-refractivity contribution is 7.99. The molecule has 0 amide bonds. The lowest BCUT2D eigenvalue weighted by Gasteiger charge is -2.53. The minimum Gasteiger partial charge on any atom is -0.481 e. The van der Waals surface area contributed by atoms with Gasteiger partial charge < -0.3 is 10.4 Å². The minimum absolute atomic E-state index is 0.260. The van der Waals surface area contributed by atoms with E-state index in [1.165, 1.54) is 16.9 Å². The molecule has 0 radical (unpaired) electrons. The Morgan fingerprint density at radius 3 is 2.66 bits per heavy atom. The molecule has 170 valence electrons. The third-order valence-electron chi connectivity index (χ3n) is 7.87. The van der Waals surface area contributed by atoms with Gasteiger partial charge in [0.1, 0.15) is 5.03 Å². The quantitative estimate of drug-likeness (QED) is 0.555. The number of nitrogens with one attached hydrogen (secondary N) is 1. The molecule has 0 spiro atoms. The van der Waals surface area contributed by atoms with Crippen molar-refractivity contribution in [1.82, 2.24) is 14.9 Å². The van der Waals surface area contributed by atoms with Crippen LogP contribution in [0.25, 0.3) is 0 Å². The summed E-state index contributed by atoms with van der Waals surface area (Å²) in [6.07, 6.45) is 5.53. The fraction of sp³-hybridized carbons (Fsp3) is 0.560. The third-order valence-corrected chi connectivity index (χ3v) is 8.93. The molecule has 5 atom stereocenters. The number of aliphatic carboxylic acids is 1. The van der Waals surface area contributed by atoms with Gasteiger partial charge in [0, 0.05) is 36.9 Å². The first-order chi connectivity index (χ1) is 15.4. The molecule has 1 aromatic carbocycles. The molecule has 1 aromatic heterocycles. The molecule has 6 nitrogen and oxygen atoms in total. The highest BCUT2D eigenvalue weighted by Gasteiger charge is 2.46. The Bertz CT molecular complexity index is 997. The fourth-order valence-electron chi connectivity index (χ4n) is 6.22. The van der Waals surface area contributed by atoms with Crippen LogP contribution in [0.2, 0.25) is 0 Å². The summed E-state index contributed by atoms with van der Waals surface area (Å²) < 4.78 is 0. The normalized spacial score (nSPS) is 30.0. The van der Waals surface area contributed by atoms with Crippen molar-refractivity contribution >= 4 is 29.2 Å². The predicted octanol–water partition coefficient (Wildman–Crippen LogP) is 5.14. The lowest BCUT2D eigenvalue weighted by Crippen LogP contribution is -2.54. The van der Waals surface area contributed by atoms with E-state index in [0.717, 1.165) is 42.6 Å². The Hall–Kier alpha value is -2.12. The maximum absolute atomic E-state index is 11.5. The first-order valence-electron chi connectivity index (χ1n) is 11.7. The second-order valence-corrected chi connectivity index (χ2v) is 11.1. The molecular formula is C25H32N4O2S. The van der Waals surface area contributed by atoms with Crippen molar-refractivity contribution in [2.24, 2.45) is 35.5 Å². The van der Waals surface area contributed by atoms with Gasteiger partial charge in [0.05, 0.1) is 11.6 Å². The molecule has 5 unspecified atom stereocenters. The van der Waals surface area contributed by atoms with Crippen LogP contribution in [-0.4, -0.2) is 39.0 Å². The lowest BCUT2D eigenvalue weighted by atomic mass is 9.58. The van der Waals surface area contributed by atoms with Crippen LogP contribution < -0.4 is 5.32 Å². The van der Waals surface area contributed by atoms with Crippen molar-refractivity contribution < 1.29 is 9.90 Å². The largest absolute Gasteiger partial charge is 0.481 e. The molecule has 7 heteroatoms. The van der Waals surface area contributed by atoms with Crippen LogP contribution in [-0.2, 0) is 11.3 Å². The van der Waals surface area contributed by atoms with Gasteiger partial charge in [-0.2, -0.15) is 0 Å². The Morgan fingerprint density at radius 1 is 1.22 bits per heavy atom. The number of anilines is 2.